The van der Waals surface area contributed by atoms with Crippen molar-refractivity contribution in [3.63, 3.8) is 0 Å². The Labute approximate surface area is 128 Å². The molecule has 112 valence electrons. The molecular formula is C17H19F2NS. The van der Waals surface area contributed by atoms with Crippen molar-refractivity contribution in [3.05, 3.63) is 56.8 Å². The van der Waals surface area contributed by atoms with E-state index in [4.69, 9.17) is 0 Å². The Balaban J connectivity index is 1.87. The largest absolute Gasteiger partial charge is 0.312 e. The summed E-state index contributed by atoms with van der Waals surface area (Å²) in [5.74, 6) is -0.923. The van der Waals surface area contributed by atoms with Gasteiger partial charge < -0.3 is 5.32 Å². The van der Waals surface area contributed by atoms with Crippen LogP contribution < -0.4 is 5.32 Å². The number of thiophene rings is 1. The van der Waals surface area contributed by atoms with Crippen LogP contribution in [0.5, 0.6) is 0 Å². The van der Waals surface area contributed by atoms with Gasteiger partial charge in [-0.1, -0.05) is 6.07 Å². The fourth-order valence-electron chi connectivity index (χ4n) is 2.96. The van der Waals surface area contributed by atoms with E-state index >= 15 is 0 Å². The summed E-state index contributed by atoms with van der Waals surface area (Å²) in [6.45, 7) is 0. The monoisotopic (exact) mass is 307 g/mol. The Morgan fingerprint density at radius 1 is 1.19 bits per heavy atom. The lowest BCUT2D eigenvalue weighted by Crippen LogP contribution is -2.19. The van der Waals surface area contributed by atoms with Crippen molar-refractivity contribution in [2.24, 2.45) is 0 Å². The van der Waals surface area contributed by atoms with E-state index in [0.717, 1.165) is 12.8 Å². The highest BCUT2D eigenvalue weighted by atomic mass is 32.1. The molecule has 1 aromatic carbocycles. The summed E-state index contributed by atoms with van der Waals surface area (Å²) in [6.07, 6.45) is 5.11. The molecule has 1 aromatic heterocycles. The van der Waals surface area contributed by atoms with E-state index in [2.05, 4.69) is 11.4 Å². The van der Waals surface area contributed by atoms with Gasteiger partial charge in [0.15, 0.2) is 0 Å². The Morgan fingerprint density at radius 2 is 1.90 bits per heavy atom. The van der Waals surface area contributed by atoms with Crippen LogP contribution in [0.3, 0.4) is 0 Å². The van der Waals surface area contributed by atoms with Crippen molar-refractivity contribution in [1.29, 1.82) is 0 Å². The van der Waals surface area contributed by atoms with E-state index < -0.39 is 11.6 Å². The molecule has 0 fully saturated rings. The highest BCUT2D eigenvalue weighted by molar-refractivity contribution is 7.12. The zero-order valence-corrected chi connectivity index (χ0v) is 12.9. The third kappa shape index (κ3) is 3.01. The number of hydrogen-bond donors (Lipinski definition) is 1. The van der Waals surface area contributed by atoms with Crippen LogP contribution in [-0.2, 0) is 19.3 Å². The fourth-order valence-corrected chi connectivity index (χ4v) is 4.33. The number of rotatable bonds is 4. The Bertz CT molecular complexity index is 592. The maximum Gasteiger partial charge on any atom is 0.129 e. The Hall–Kier alpha value is -1.26. The van der Waals surface area contributed by atoms with Crippen LogP contribution in [0.15, 0.2) is 24.3 Å². The van der Waals surface area contributed by atoms with Gasteiger partial charge in [0.2, 0.25) is 0 Å². The molecule has 0 saturated heterocycles. The maximum absolute atomic E-state index is 13.8. The Kier molecular flexibility index (Phi) is 4.36. The van der Waals surface area contributed by atoms with E-state index in [0.29, 0.717) is 6.42 Å². The summed E-state index contributed by atoms with van der Waals surface area (Å²) < 4.78 is 27.7. The number of likely N-dealkylation sites (N-methyl/N-ethyl adjacent to an activating group) is 1. The molecule has 2 aromatic rings. The van der Waals surface area contributed by atoms with Crippen LogP contribution in [0.25, 0.3) is 0 Å². The number of hydrogen-bond acceptors (Lipinski definition) is 2. The minimum absolute atomic E-state index is 0.0352. The first-order valence-electron chi connectivity index (χ1n) is 7.40. The molecule has 1 heterocycles. The van der Waals surface area contributed by atoms with Crippen molar-refractivity contribution in [3.8, 4) is 0 Å². The highest BCUT2D eigenvalue weighted by Crippen LogP contribution is 2.34. The molecule has 4 heteroatoms. The molecule has 1 unspecified atom stereocenters. The predicted molar refractivity (Wildman–Crippen MR) is 82.8 cm³/mol. The van der Waals surface area contributed by atoms with Crippen LogP contribution in [-0.4, -0.2) is 7.05 Å². The molecule has 0 aliphatic heterocycles. The number of aryl methyl sites for hydroxylation is 2. The van der Waals surface area contributed by atoms with Gasteiger partial charge in [0.05, 0.1) is 0 Å². The number of halogens is 2. The smallest absolute Gasteiger partial charge is 0.129 e. The van der Waals surface area contributed by atoms with Crippen LogP contribution in [0.4, 0.5) is 8.78 Å². The zero-order chi connectivity index (χ0) is 14.8. The lowest BCUT2D eigenvalue weighted by atomic mass is 9.97. The second-order valence-corrected chi connectivity index (χ2v) is 6.72. The van der Waals surface area contributed by atoms with E-state index in [1.807, 2.05) is 7.05 Å². The molecule has 1 aliphatic carbocycles. The summed E-state index contributed by atoms with van der Waals surface area (Å²) in [4.78, 5) is 2.64. The van der Waals surface area contributed by atoms with Gasteiger partial charge in [-0.15, -0.1) is 11.3 Å². The van der Waals surface area contributed by atoms with Gasteiger partial charge in [-0.3, -0.25) is 0 Å². The second kappa shape index (κ2) is 6.24. The Morgan fingerprint density at radius 3 is 2.57 bits per heavy atom. The minimum Gasteiger partial charge on any atom is -0.312 e. The molecule has 0 bridgehead atoms. The van der Waals surface area contributed by atoms with Crippen LogP contribution in [0.2, 0.25) is 0 Å². The van der Waals surface area contributed by atoms with Crippen LogP contribution >= 0.6 is 11.3 Å². The highest BCUT2D eigenvalue weighted by Gasteiger charge is 2.21. The second-order valence-electron chi connectivity index (χ2n) is 5.55. The van der Waals surface area contributed by atoms with E-state index in [1.165, 1.54) is 46.4 Å². The van der Waals surface area contributed by atoms with Crippen molar-refractivity contribution < 1.29 is 8.78 Å². The number of benzene rings is 1. The molecule has 0 amide bonds. The average molecular weight is 307 g/mol. The van der Waals surface area contributed by atoms with Crippen LogP contribution in [0, 0.1) is 11.6 Å². The molecular weight excluding hydrogens is 288 g/mol. The van der Waals surface area contributed by atoms with Crippen molar-refractivity contribution in [2.75, 3.05) is 7.05 Å². The SMILES string of the molecule is CNC(Cc1c(F)cccc1F)c1cc2c(s1)CCCC2. The summed E-state index contributed by atoms with van der Waals surface area (Å²) in [5, 5.41) is 3.21. The molecule has 0 spiro atoms. The molecule has 1 nitrogen and oxygen atoms in total. The summed E-state index contributed by atoms with van der Waals surface area (Å²) in [6, 6.07) is 6.24. The quantitative estimate of drug-likeness (QED) is 0.882. The molecule has 1 atom stereocenters. The van der Waals surface area contributed by atoms with E-state index in [9.17, 15) is 8.78 Å². The van der Waals surface area contributed by atoms with Crippen molar-refractivity contribution in [2.45, 2.75) is 38.1 Å². The minimum atomic E-state index is -0.462. The molecule has 21 heavy (non-hydrogen) atoms. The van der Waals surface area contributed by atoms with E-state index in [1.54, 1.807) is 11.3 Å². The van der Waals surface area contributed by atoms with Gasteiger partial charge in [0, 0.05) is 21.4 Å². The third-order valence-electron chi connectivity index (χ3n) is 4.18. The van der Waals surface area contributed by atoms with Gasteiger partial charge in [0.1, 0.15) is 11.6 Å². The van der Waals surface area contributed by atoms with Gasteiger partial charge in [0.25, 0.3) is 0 Å². The van der Waals surface area contributed by atoms with E-state index in [-0.39, 0.29) is 11.6 Å². The third-order valence-corrected chi connectivity index (χ3v) is 5.53. The van der Waals surface area contributed by atoms with Gasteiger partial charge >= 0.3 is 0 Å². The summed E-state index contributed by atoms with van der Waals surface area (Å²) in [7, 11) is 1.85. The van der Waals surface area contributed by atoms with Crippen molar-refractivity contribution >= 4 is 11.3 Å². The molecule has 0 radical (unpaired) electrons. The predicted octanol–water partition coefficient (Wildman–Crippen LogP) is 4.41. The fraction of sp³-hybridized carbons (Fsp3) is 0.412. The summed E-state index contributed by atoms with van der Waals surface area (Å²) >= 11 is 1.79. The summed E-state index contributed by atoms with van der Waals surface area (Å²) in [5.41, 5.74) is 1.60. The standard InChI is InChI=1S/C17H19F2NS/c1-20-15(10-12-13(18)6-4-7-14(12)19)17-9-11-5-2-3-8-16(11)21-17/h4,6-7,9,15,20H,2-3,5,8,10H2,1H3. The number of fused-ring (bicyclic) bond motifs is 1. The van der Waals surface area contributed by atoms with Crippen molar-refractivity contribution in [1.82, 2.24) is 5.32 Å². The first-order chi connectivity index (χ1) is 10.2. The zero-order valence-electron chi connectivity index (χ0n) is 12.1. The lowest BCUT2D eigenvalue weighted by Gasteiger charge is -2.15. The van der Waals surface area contributed by atoms with Gasteiger partial charge in [-0.25, -0.2) is 8.78 Å². The lowest BCUT2D eigenvalue weighted by molar-refractivity contribution is 0.518. The maximum atomic E-state index is 13.8. The van der Waals surface area contributed by atoms with Gasteiger partial charge in [-0.05, 0) is 62.9 Å². The first-order valence-corrected chi connectivity index (χ1v) is 8.22. The average Bonchev–Trinajstić information content (AvgIpc) is 2.90. The molecule has 0 saturated carbocycles. The van der Waals surface area contributed by atoms with Gasteiger partial charge in [-0.2, -0.15) is 0 Å². The first kappa shape index (κ1) is 14.7. The molecule has 3 rings (SSSR count). The number of nitrogens with one attached hydrogen (secondary N) is 1. The molecule has 1 aliphatic rings. The van der Waals surface area contributed by atoms with Crippen LogP contribution in [0.1, 0.15) is 39.8 Å². The molecule has 1 N–H and O–H groups in total. The normalized spacial score (nSPS) is 15.8. The topological polar surface area (TPSA) is 12.0 Å².